The van der Waals surface area contributed by atoms with Crippen molar-refractivity contribution >= 4 is 5.71 Å². The molecule has 0 bridgehead atoms. The molecule has 0 aliphatic heterocycles. The molecule has 0 saturated carbocycles. The third-order valence-corrected chi connectivity index (χ3v) is 0.786. The molecule has 0 aromatic carbocycles. The zero-order chi connectivity index (χ0) is 7.11. The monoisotopic (exact) mass is 127 g/mol. The average Bonchev–Trinajstić information content (AvgIpc) is 1.80. The molecule has 0 heterocycles. The summed E-state index contributed by atoms with van der Waals surface area (Å²) in [5.74, 6) is 0. The van der Waals surface area contributed by atoms with Gasteiger partial charge in [-0.15, -0.1) is 0 Å². The minimum absolute atomic E-state index is 0.565. The smallest absolute Gasteiger partial charge is 0.0650 e. The molecule has 0 saturated heterocycles. The second-order valence-electron chi connectivity index (χ2n) is 1.74. The van der Waals surface area contributed by atoms with E-state index in [1.165, 1.54) is 0 Å². The van der Waals surface area contributed by atoms with Crippen LogP contribution in [0.4, 0.5) is 0 Å². The fourth-order valence-electron chi connectivity index (χ4n) is 0.411. The van der Waals surface area contributed by atoms with E-state index in [0.29, 0.717) is 12.3 Å². The van der Waals surface area contributed by atoms with Crippen LogP contribution in [-0.2, 0) is 4.74 Å². The van der Waals surface area contributed by atoms with Gasteiger partial charge in [-0.05, 0) is 19.9 Å². The Morgan fingerprint density at radius 2 is 2.33 bits per heavy atom. The molecule has 2 nitrogen and oxygen atoms in total. The highest BCUT2D eigenvalue weighted by atomic mass is 16.5. The molecule has 0 fully saturated rings. The van der Waals surface area contributed by atoms with Crippen molar-refractivity contribution in [1.82, 2.24) is 0 Å². The molecular formula is C7H13NO. The van der Waals surface area contributed by atoms with Crippen LogP contribution in [0, 0.1) is 5.41 Å². The summed E-state index contributed by atoms with van der Waals surface area (Å²) < 4.78 is 5.00. The van der Waals surface area contributed by atoms with Gasteiger partial charge in [0, 0.05) is 12.3 Å². The number of allylic oxidation sites excluding steroid dienone is 1. The standard InChI is InChI=1S/C7H13NO/c1-3-9-6-4-5-7(2)8/h4-5,8H,3,6H2,1-2H3/b5-4+,8-7?. The van der Waals surface area contributed by atoms with Crippen LogP contribution in [-0.4, -0.2) is 18.9 Å². The quantitative estimate of drug-likeness (QED) is 0.451. The van der Waals surface area contributed by atoms with Crippen LogP contribution in [0.2, 0.25) is 0 Å². The molecule has 0 spiro atoms. The zero-order valence-corrected chi connectivity index (χ0v) is 5.98. The molecule has 0 aliphatic rings. The van der Waals surface area contributed by atoms with Crippen molar-refractivity contribution < 1.29 is 4.74 Å². The maximum atomic E-state index is 6.99. The van der Waals surface area contributed by atoms with Crippen LogP contribution < -0.4 is 0 Å². The summed E-state index contributed by atoms with van der Waals surface area (Å²) in [5, 5.41) is 6.99. The maximum Gasteiger partial charge on any atom is 0.0650 e. The van der Waals surface area contributed by atoms with E-state index in [0.717, 1.165) is 6.61 Å². The summed E-state index contributed by atoms with van der Waals surface area (Å²) >= 11 is 0. The van der Waals surface area contributed by atoms with Gasteiger partial charge in [-0.1, -0.05) is 6.08 Å². The molecule has 0 aromatic heterocycles. The molecule has 0 amide bonds. The predicted octanol–water partition coefficient (Wildman–Crippen LogP) is 1.62. The van der Waals surface area contributed by atoms with E-state index in [2.05, 4.69) is 0 Å². The third kappa shape index (κ3) is 7.37. The van der Waals surface area contributed by atoms with Crippen LogP contribution in [0.25, 0.3) is 0 Å². The molecule has 0 unspecified atom stereocenters. The maximum absolute atomic E-state index is 6.99. The van der Waals surface area contributed by atoms with Gasteiger partial charge in [-0.25, -0.2) is 0 Å². The average molecular weight is 127 g/mol. The van der Waals surface area contributed by atoms with Gasteiger partial charge in [0.25, 0.3) is 0 Å². The highest BCUT2D eigenvalue weighted by Gasteiger charge is 1.76. The van der Waals surface area contributed by atoms with E-state index >= 15 is 0 Å². The van der Waals surface area contributed by atoms with Gasteiger partial charge in [-0.2, -0.15) is 0 Å². The number of ether oxygens (including phenoxy) is 1. The van der Waals surface area contributed by atoms with E-state index in [9.17, 15) is 0 Å². The minimum Gasteiger partial charge on any atom is -0.378 e. The summed E-state index contributed by atoms with van der Waals surface area (Å²) in [6.07, 6.45) is 3.57. The Balaban J connectivity index is 3.15. The fourth-order valence-corrected chi connectivity index (χ4v) is 0.411. The van der Waals surface area contributed by atoms with E-state index in [-0.39, 0.29) is 0 Å². The van der Waals surface area contributed by atoms with Gasteiger partial charge >= 0.3 is 0 Å². The lowest BCUT2D eigenvalue weighted by molar-refractivity contribution is 0.177. The van der Waals surface area contributed by atoms with Crippen molar-refractivity contribution in [3.8, 4) is 0 Å². The number of hydrogen-bond donors (Lipinski definition) is 1. The predicted molar refractivity (Wildman–Crippen MR) is 39.0 cm³/mol. The first kappa shape index (κ1) is 8.37. The van der Waals surface area contributed by atoms with E-state index < -0.39 is 0 Å². The molecule has 0 aromatic rings. The summed E-state index contributed by atoms with van der Waals surface area (Å²) in [7, 11) is 0. The Morgan fingerprint density at radius 3 is 2.78 bits per heavy atom. The molecule has 9 heavy (non-hydrogen) atoms. The van der Waals surface area contributed by atoms with E-state index in [1.54, 1.807) is 13.0 Å². The Morgan fingerprint density at radius 1 is 1.67 bits per heavy atom. The van der Waals surface area contributed by atoms with Gasteiger partial charge < -0.3 is 10.1 Å². The van der Waals surface area contributed by atoms with Crippen LogP contribution in [0.15, 0.2) is 12.2 Å². The van der Waals surface area contributed by atoms with Gasteiger partial charge in [0.15, 0.2) is 0 Å². The van der Waals surface area contributed by atoms with Crippen LogP contribution >= 0.6 is 0 Å². The number of rotatable bonds is 4. The number of nitrogens with one attached hydrogen (secondary N) is 1. The Kier molecular flexibility index (Phi) is 5.12. The van der Waals surface area contributed by atoms with Crippen molar-refractivity contribution in [3.05, 3.63) is 12.2 Å². The second kappa shape index (κ2) is 5.51. The van der Waals surface area contributed by atoms with Crippen molar-refractivity contribution in [1.29, 1.82) is 5.41 Å². The Labute approximate surface area is 56.0 Å². The molecule has 0 aliphatic carbocycles. The molecule has 0 rings (SSSR count). The lowest BCUT2D eigenvalue weighted by Gasteiger charge is -1.91. The van der Waals surface area contributed by atoms with Gasteiger partial charge in [-0.3, -0.25) is 0 Å². The topological polar surface area (TPSA) is 33.1 Å². The third-order valence-electron chi connectivity index (χ3n) is 0.786. The highest BCUT2D eigenvalue weighted by Crippen LogP contribution is 1.78. The van der Waals surface area contributed by atoms with Gasteiger partial charge in [0.2, 0.25) is 0 Å². The summed E-state index contributed by atoms with van der Waals surface area (Å²) in [6.45, 7) is 5.04. The zero-order valence-electron chi connectivity index (χ0n) is 5.98. The Bertz CT molecular complexity index is 107. The molecule has 52 valence electrons. The van der Waals surface area contributed by atoms with E-state index in [4.69, 9.17) is 10.1 Å². The Hall–Kier alpha value is -0.630. The lowest BCUT2D eigenvalue weighted by Crippen LogP contribution is -1.89. The highest BCUT2D eigenvalue weighted by molar-refractivity contribution is 5.89. The summed E-state index contributed by atoms with van der Waals surface area (Å²) in [4.78, 5) is 0. The molecule has 1 N–H and O–H groups in total. The van der Waals surface area contributed by atoms with Crippen molar-refractivity contribution in [3.63, 3.8) is 0 Å². The first-order valence-electron chi connectivity index (χ1n) is 3.06. The normalized spacial score (nSPS) is 10.4. The summed E-state index contributed by atoms with van der Waals surface area (Å²) in [6, 6.07) is 0. The molecule has 2 heteroatoms. The molecule has 0 radical (unpaired) electrons. The van der Waals surface area contributed by atoms with Gasteiger partial charge in [0.05, 0.1) is 6.61 Å². The van der Waals surface area contributed by atoms with Crippen molar-refractivity contribution in [2.45, 2.75) is 13.8 Å². The SMILES string of the molecule is CCOC/C=C/C(C)=N. The summed E-state index contributed by atoms with van der Waals surface area (Å²) in [5.41, 5.74) is 0.565. The molecule has 0 atom stereocenters. The molecular weight excluding hydrogens is 114 g/mol. The minimum atomic E-state index is 0.565. The van der Waals surface area contributed by atoms with Crippen LogP contribution in [0.3, 0.4) is 0 Å². The largest absolute Gasteiger partial charge is 0.378 e. The van der Waals surface area contributed by atoms with E-state index in [1.807, 2.05) is 13.0 Å². The van der Waals surface area contributed by atoms with Crippen molar-refractivity contribution in [2.24, 2.45) is 0 Å². The van der Waals surface area contributed by atoms with Crippen molar-refractivity contribution in [2.75, 3.05) is 13.2 Å². The lowest BCUT2D eigenvalue weighted by atomic mass is 10.4. The second-order valence-corrected chi connectivity index (χ2v) is 1.74. The van der Waals surface area contributed by atoms with Crippen LogP contribution in [0.5, 0.6) is 0 Å². The first-order chi connectivity index (χ1) is 4.27. The number of hydrogen-bond acceptors (Lipinski definition) is 2. The van der Waals surface area contributed by atoms with Crippen LogP contribution in [0.1, 0.15) is 13.8 Å². The fraction of sp³-hybridized carbons (Fsp3) is 0.571. The first-order valence-corrected chi connectivity index (χ1v) is 3.06. The van der Waals surface area contributed by atoms with Gasteiger partial charge in [0.1, 0.15) is 0 Å².